The second-order valence-electron chi connectivity index (χ2n) is 5.47. The molecule has 0 bridgehead atoms. The molecule has 0 fully saturated rings. The van der Waals surface area contributed by atoms with Gasteiger partial charge < -0.3 is 9.47 Å². The van der Waals surface area contributed by atoms with Crippen molar-refractivity contribution in [3.8, 4) is 11.5 Å². The van der Waals surface area contributed by atoms with Gasteiger partial charge >= 0.3 is 0 Å². The van der Waals surface area contributed by atoms with E-state index in [0.29, 0.717) is 25.3 Å². The summed E-state index contributed by atoms with van der Waals surface area (Å²) in [6.45, 7) is 2.84. The Hall–Kier alpha value is -2.05. The third-order valence-corrected chi connectivity index (χ3v) is 5.61. The van der Waals surface area contributed by atoms with E-state index in [1.165, 1.54) is 4.31 Å². The van der Waals surface area contributed by atoms with Gasteiger partial charge in [0.25, 0.3) is 0 Å². The van der Waals surface area contributed by atoms with Crippen LogP contribution in [0.5, 0.6) is 11.5 Å². The van der Waals surface area contributed by atoms with Gasteiger partial charge in [0, 0.05) is 13.6 Å². The number of nitrogens with zero attached hydrogens (tertiary/aromatic N) is 1. The smallest absolute Gasteiger partial charge is 0.242 e. The number of rotatable bonds is 8. The van der Waals surface area contributed by atoms with E-state index in [1.807, 2.05) is 31.2 Å². The molecular formula is C18H23NO4S. The number of sulfonamides is 1. The van der Waals surface area contributed by atoms with E-state index in [0.717, 1.165) is 11.3 Å². The van der Waals surface area contributed by atoms with Gasteiger partial charge in [0.05, 0.1) is 18.6 Å². The van der Waals surface area contributed by atoms with Gasteiger partial charge in [0.15, 0.2) is 0 Å². The maximum absolute atomic E-state index is 12.5. The van der Waals surface area contributed by atoms with Crippen LogP contribution in [0.2, 0.25) is 0 Å². The van der Waals surface area contributed by atoms with Crippen LogP contribution in [0, 0.1) is 6.92 Å². The van der Waals surface area contributed by atoms with Crippen molar-refractivity contribution < 1.29 is 17.9 Å². The van der Waals surface area contributed by atoms with Crippen LogP contribution in [0.25, 0.3) is 0 Å². The molecule has 0 saturated carbocycles. The summed E-state index contributed by atoms with van der Waals surface area (Å²) in [6.07, 6.45) is 0.611. The van der Waals surface area contributed by atoms with Crippen molar-refractivity contribution in [1.82, 2.24) is 4.31 Å². The van der Waals surface area contributed by atoms with Crippen LogP contribution in [-0.4, -0.2) is 40.0 Å². The number of ether oxygens (including phenoxy) is 2. The van der Waals surface area contributed by atoms with E-state index in [2.05, 4.69) is 0 Å². The van der Waals surface area contributed by atoms with E-state index in [4.69, 9.17) is 9.47 Å². The highest BCUT2D eigenvalue weighted by molar-refractivity contribution is 7.89. The quantitative estimate of drug-likeness (QED) is 0.687. The van der Waals surface area contributed by atoms with Gasteiger partial charge in [0.1, 0.15) is 11.5 Å². The average Bonchev–Trinajstić information content (AvgIpc) is 2.60. The summed E-state index contributed by atoms with van der Waals surface area (Å²) in [6, 6.07) is 14.1. The minimum absolute atomic E-state index is 0.255. The molecule has 0 unspecified atom stereocenters. The SMILES string of the molecule is COc1ccc(S(=O)(=O)N(C)CCCOc2ccccc2C)cc1. The summed E-state index contributed by atoms with van der Waals surface area (Å²) in [5, 5.41) is 0. The number of benzene rings is 2. The number of hydrogen-bond acceptors (Lipinski definition) is 4. The molecule has 0 aromatic heterocycles. The lowest BCUT2D eigenvalue weighted by molar-refractivity contribution is 0.295. The molecule has 2 rings (SSSR count). The largest absolute Gasteiger partial charge is 0.497 e. The van der Waals surface area contributed by atoms with Crippen LogP contribution in [0.3, 0.4) is 0 Å². The minimum atomic E-state index is -3.50. The van der Waals surface area contributed by atoms with Crippen LogP contribution in [0.1, 0.15) is 12.0 Å². The Bertz CT molecular complexity index is 757. The molecule has 0 heterocycles. The molecule has 0 radical (unpaired) electrons. The average molecular weight is 349 g/mol. The molecule has 130 valence electrons. The zero-order valence-electron chi connectivity index (χ0n) is 14.2. The van der Waals surface area contributed by atoms with Crippen molar-refractivity contribution >= 4 is 10.0 Å². The van der Waals surface area contributed by atoms with Crippen molar-refractivity contribution in [2.45, 2.75) is 18.2 Å². The zero-order valence-corrected chi connectivity index (χ0v) is 15.0. The molecule has 2 aromatic rings. The lowest BCUT2D eigenvalue weighted by Gasteiger charge is -2.17. The number of hydrogen-bond donors (Lipinski definition) is 0. The van der Waals surface area contributed by atoms with Gasteiger partial charge in [-0.2, -0.15) is 0 Å². The van der Waals surface area contributed by atoms with Gasteiger partial charge in [-0.15, -0.1) is 0 Å². The molecular weight excluding hydrogens is 326 g/mol. The van der Waals surface area contributed by atoms with E-state index in [9.17, 15) is 8.42 Å². The predicted octanol–water partition coefficient (Wildman–Crippen LogP) is 3.09. The summed E-state index contributed by atoms with van der Waals surface area (Å²) in [4.78, 5) is 0.255. The molecule has 0 spiro atoms. The molecule has 0 aliphatic heterocycles. The summed E-state index contributed by atoms with van der Waals surface area (Å²) in [7, 11) is -0.373. The highest BCUT2D eigenvalue weighted by atomic mass is 32.2. The van der Waals surface area contributed by atoms with Gasteiger partial charge in [-0.1, -0.05) is 18.2 Å². The summed E-state index contributed by atoms with van der Waals surface area (Å²) >= 11 is 0. The van der Waals surface area contributed by atoms with E-state index in [1.54, 1.807) is 38.4 Å². The Morgan fingerprint density at radius 1 is 1.04 bits per heavy atom. The lowest BCUT2D eigenvalue weighted by atomic mass is 10.2. The van der Waals surface area contributed by atoms with Crippen molar-refractivity contribution in [1.29, 1.82) is 0 Å². The Morgan fingerprint density at radius 3 is 2.33 bits per heavy atom. The van der Waals surface area contributed by atoms with Gasteiger partial charge in [-0.05, 0) is 49.2 Å². The number of methoxy groups -OCH3 is 1. The fourth-order valence-electron chi connectivity index (χ4n) is 2.24. The minimum Gasteiger partial charge on any atom is -0.497 e. The number of aryl methyl sites for hydroxylation is 1. The van der Waals surface area contributed by atoms with Crippen molar-refractivity contribution in [2.75, 3.05) is 27.3 Å². The molecule has 0 saturated heterocycles. The molecule has 0 aliphatic carbocycles. The summed E-state index contributed by atoms with van der Waals surface area (Å²) in [5.41, 5.74) is 1.07. The first-order valence-electron chi connectivity index (χ1n) is 7.74. The third-order valence-electron chi connectivity index (χ3n) is 3.74. The van der Waals surface area contributed by atoms with Crippen LogP contribution >= 0.6 is 0 Å². The van der Waals surface area contributed by atoms with E-state index < -0.39 is 10.0 Å². The van der Waals surface area contributed by atoms with E-state index >= 15 is 0 Å². The molecule has 5 nitrogen and oxygen atoms in total. The highest BCUT2D eigenvalue weighted by Crippen LogP contribution is 2.19. The molecule has 0 atom stereocenters. The first kappa shape index (κ1) is 18.3. The fourth-order valence-corrected chi connectivity index (χ4v) is 3.44. The van der Waals surface area contributed by atoms with Gasteiger partial charge in [-0.25, -0.2) is 12.7 Å². The van der Waals surface area contributed by atoms with Crippen LogP contribution < -0.4 is 9.47 Å². The molecule has 0 aliphatic rings. The van der Waals surface area contributed by atoms with Crippen LogP contribution in [0.4, 0.5) is 0 Å². The highest BCUT2D eigenvalue weighted by Gasteiger charge is 2.20. The van der Waals surface area contributed by atoms with Gasteiger partial charge in [-0.3, -0.25) is 0 Å². The van der Waals surface area contributed by atoms with Crippen molar-refractivity contribution in [2.24, 2.45) is 0 Å². The Labute approximate surface area is 143 Å². The standard InChI is InChI=1S/C18H23NO4S/c1-15-7-4-5-8-18(15)23-14-6-13-19(2)24(20,21)17-11-9-16(22-3)10-12-17/h4-5,7-12H,6,13-14H2,1-3H3. The molecule has 0 N–H and O–H groups in total. The lowest BCUT2D eigenvalue weighted by Crippen LogP contribution is -2.28. The topological polar surface area (TPSA) is 55.8 Å². The normalized spacial score (nSPS) is 11.5. The second-order valence-corrected chi connectivity index (χ2v) is 7.51. The first-order chi connectivity index (χ1) is 11.4. The Morgan fingerprint density at radius 2 is 1.71 bits per heavy atom. The van der Waals surface area contributed by atoms with Gasteiger partial charge in [0.2, 0.25) is 10.0 Å². The monoisotopic (exact) mass is 349 g/mol. The van der Waals surface area contributed by atoms with Crippen molar-refractivity contribution in [3.63, 3.8) is 0 Å². The predicted molar refractivity (Wildman–Crippen MR) is 94.1 cm³/mol. The van der Waals surface area contributed by atoms with E-state index in [-0.39, 0.29) is 4.90 Å². The summed E-state index contributed by atoms with van der Waals surface area (Å²) < 4.78 is 37.1. The number of para-hydroxylation sites is 1. The van der Waals surface area contributed by atoms with Crippen LogP contribution in [0.15, 0.2) is 53.4 Å². The molecule has 24 heavy (non-hydrogen) atoms. The molecule has 6 heteroatoms. The molecule has 2 aromatic carbocycles. The second kappa shape index (κ2) is 8.17. The van der Waals surface area contributed by atoms with Crippen LogP contribution in [-0.2, 0) is 10.0 Å². The summed E-state index contributed by atoms with van der Waals surface area (Å²) in [5.74, 6) is 1.46. The first-order valence-corrected chi connectivity index (χ1v) is 9.18. The Kier molecular flexibility index (Phi) is 6.23. The Balaban J connectivity index is 1.88. The third kappa shape index (κ3) is 4.49. The fraction of sp³-hybridized carbons (Fsp3) is 0.333. The maximum atomic E-state index is 12.5. The zero-order chi connectivity index (χ0) is 17.6. The van der Waals surface area contributed by atoms with Crippen molar-refractivity contribution in [3.05, 3.63) is 54.1 Å². The molecule has 0 amide bonds. The maximum Gasteiger partial charge on any atom is 0.242 e.